The summed E-state index contributed by atoms with van der Waals surface area (Å²) in [5, 5.41) is 0.0462. The number of hydrogen-bond acceptors (Lipinski definition) is 1. The first-order valence-corrected chi connectivity index (χ1v) is 7.05. The van der Waals surface area contributed by atoms with Crippen molar-refractivity contribution >= 4 is 23.2 Å². The molecule has 0 fully saturated rings. The highest BCUT2D eigenvalue weighted by Crippen LogP contribution is 2.33. The van der Waals surface area contributed by atoms with E-state index >= 15 is 0 Å². The molecule has 4 heteroatoms. The fraction of sp³-hybridized carbons (Fsp3) is 0.250. The summed E-state index contributed by atoms with van der Waals surface area (Å²) < 4.78 is 18.6. The highest BCUT2D eigenvalue weighted by atomic mass is 35.5. The average Bonchev–Trinajstić information content (AvgIpc) is 2.43. The van der Waals surface area contributed by atoms with Gasteiger partial charge in [-0.2, -0.15) is 0 Å². The Hall–Kier alpha value is -1.25. The first kappa shape index (κ1) is 15.1. The van der Waals surface area contributed by atoms with Gasteiger partial charge < -0.3 is 4.74 Å². The molecule has 0 spiro atoms. The van der Waals surface area contributed by atoms with E-state index in [-0.39, 0.29) is 11.2 Å². The zero-order valence-corrected chi connectivity index (χ0v) is 12.8. The SMILES string of the molecule is COc1cccc(CC(Cl)c2cc(C)c(F)cc2Cl)c1. The number of halogens is 3. The fourth-order valence-electron chi connectivity index (χ4n) is 2.04. The quantitative estimate of drug-likeness (QED) is 0.694. The van der Waals surface area contributed by atoms with Crippen LogP contribution in [0.1, 0.15) is 22.1 Å². The standard InChI is InChI=1S/C16H15Cl2FO/c1-10-6-13(15(18)9-16(10)19)14(17)8-11-4-3-5-12(7-11)20-2/h3-7,9,14H,8H2,1-2H3. The third-order valence-corrected chi connectivity index (χ3v) is 3.88. The second-order valence-corrected chi connectivity index (χ2v) is 5.58. The van der Waals surface area contributed by atoms with Crippen LogP contribution in [0.15, 0.2) is 36.4 Å². The van der Waals surface area contributed by atoms with E-state index in [1.807, 2.05) is 24.3 Å². The lowest BCUT2D eigenvalue weighted by Crippen LogP contribution is -1.99. The van der Waals surface area contributed by atoms with E-state index < -0.39 is 0 Å². The van der Waals surface area contributed by atoms with Crippen LogP contribution in [0.4, 0.5) is 4.39 Å². The van der Waals surface area contributed by atoms with E-state index in [0.29, 0.717) is 17.0 Å². The lowest BCUT2D eigenvalue weighted by Gasteiger charge is -2.14. The zero-order valence-electron chi connectivity index (χ0n) is 11.3. The number of alkyl halides is 1. The predicted octanol–water partition coefficient (Wildman–Crippen LogP) is 5.32. The largest absolute Gasteiger partial charge is 0.497 e. The van der Waals surface area contributed by atoms with Crippen molar-refractivity contribution in [3.05, 3.63) is 63.9 Å². The van der Waals surface area contributed by atoms with E-state index in [9.17, 15) is 4.39 Å². The molecular formula is C16H15Cl2FO. The fourth-order valence-corrected chi connectivity index (χ4v) is 2.73. The summed E-state index contributed by atoms with van der Waals surface area (Å²) in [7, 11) is 1.62. The van der Waals surface area contributed by atoms with Crippen molar-refractivity contribution in [3.63, 3.8) is 0 Å². The van der Waals surface area contributed by atoms with Crippen LogP contribution in [0, 0.1) is 12.7 Å². The van der Waals surface area contributed by atoms with Crippen molar-refractivity contribution in [2.45, 2.75) is 18.7 Å². The van der Waals surface area contributed by atoms with Crippen molar-refractivity contribution in [1.29, 1.82) is 0 Å². The predicted molar refractivity (Wildman–Crippen MR) is 81.4 cm³/mol. The maximum absolute atomic E-state index is 13.4. The number of ether oxygens (including phenoxy) is 1. The second kappa shape index (κ2) is 6.47. The monoisotopic (exact) mass is 312 g/mol. The molecule has 1 nitrogen and oxygen atoms in total. The van der Waals surface area contributed by atoms with E-state index in [2.05, 4.69) is 0 Å². The van der Waals surface area contributed by atoms with Crippen LogP contribution in [0.5, 0.6) is 5.75 Å². The molecule has 1 atom stereocenters. The molecule has 0 saturated carbocycles. The van der Waals surface area contributed by atoms with Crippen LogP contribution in [0.2, 0.25) is 5.02 Å². The molecule has 1 unspecified atom stereocenters. The Morgan fingerprint density at radius 2 is 2.00 bits per heavy atom. The number of methoxy groups -OCH3 is 1. The molecule has 0 aromatic heterocycles. The molecule has 106 valence electrons. The van der Waals surface area contributed by atoms with E-state index in [1.54, 1.807) is 20.1 Å². The maximum Gasteiger partial charge on any atom is 0.127 e. The smallest absolute Gasteiger partial charge is 0.127 e. The van der Waals surface area contributed by atoms with Crippen LogP contribution in [0.3, 0.4) is 0 Å². The van der Waals surface area contributed by atoms with Gasteiger partial charge in [-0.3, -0.25) is 0 Å². The van der Waals surface area contributed by atoms with Gasteiger partial charge in [0.2, 0.25) is 0 Å². The van der Waals surface area contributed by atoms with Gasteiger partial charge >= 0.3 is 0 Å². The summed E-state index contributed by atoms with van der Waals surface area (Å²) in [6.07, 6.45) is 0.601. The Morgan fingerprint density at radius 3 is 2.70 bits per heavy atom. The van der Waals surface area contributed by atoms with Crippen molar-refractivity contribution < 1.29 is 9.13 Å². The Kier molecular flexibility index (Phi) is 4.90. The molecule has 0 radical (unpaired) electrons. The van der Waals surface area contributed by atoms with Gasteiger partial charge in [0, 0.05) is 5.02 Å². The molecule has 2 aromatic carbocycles. The average molecular weight is 313 g/mol. The van der Waals surface area contributed by atoms with Gasteiger partial charge in [-0.25, -0.2) is 4.39 Å². The molecule has 0 N–H and O–H groups in total. The molecule has 0 saturated heterocycles. The van der Waals surface area contributed by atoms with Gasteiger partial charge in [0.05, 0.1) is 12.5 Å². The topological polar surface area (TPSA) is 9.23 Å². The van der Waals surface area contributed by atoms with E-state index in [1.165, 1.54) is 6.07 Å². The van der Waals surface area contributed by atoms with E-state index in [4.69, 9.17) is 27.9 Å². The Bertz CT molecular complexity index is 613. The second-order valence-electron chi connectivity index (χ2n) is 4.65. The van der Waals surface area contributed by atoms with Gasteiger partial charge in [-0.05, 0) is 48.2 Å². The molecule has 0 aliphatic heterocycles. The molecule has 0 aliphatic carbocycles. The molecule has 20 heavy (non-hydrogen) atoms. The summed E-state index contributed by atoms with van der Waals surface area (Å²) in [6, 6.07) is 10.7. The normalized spacial score (nSPS) is 12.2. The molecule has 0 heterocycles. The number of aryl methyl sites for hydroxylation is 1. The first-order valence-electron chi connectivity index (χ1n) is 6.24. The van der Waals surface area contributed by atoms with Crippen molar-refractivity contribution in [2.24, 2.45) is 0 Å². The first-order chi connectivity index (χ1) is 9.51. The summed E-state index contributed by atoms with van der Waals surface area (Å²) >= 11 is 12.5. The van der Waals surface area contributed by atoms with Crippen molar-refractivity contribution in [1.82, 2.24) is 0 Å². The van der Waals surface area contributed by atoms with E-state index in [0.717, 1.165) is 16.9 Å². The number of rotatable bonds is 4. The summed E-state index contributed by atoms with van der Waals surface area (Å²) in [6.45, 7) is 1.70. The highest BCUT2D eigenvalue weighted by molar-refractivity contribution is 6.32. The summed E-state index contributed by atoms with van der Waals surface area (Å²) in [5.41, 5.74) is 2.33. The molecule has 0 aliphatic rings. The van der Waals surface area contributed by atoms with Gasteiger partial charge in [0.15, 0.2) is 0 Å². The molecular weight excluding hydrogens is 298 g/mol. The lowest BCUT2D eigenvalue weighted by molar-refractivity contribution is 0.414. The lowest BCUT2D eigenvalue weighted by atomic mass is 10.0. The van der Waals surface area contributed by atoms with Crippen LogP contribution in [-0.2, 0) is 6.42 Å². The van der Waals surface area contributed by atoms with Crippen LogP contribution < -0.4 is 4.74 Å². The number of benzene rings is 2. The maximum atomic E-state index is 13.4. The zero-order chi connectivity index (χ0) is 14.7. The van der Waals surface area contributed by atoms with Crippen LogP contribution in [-0.4, -0.2) is 7.11 Å². The Balaban J connectivity index is 2.23. The van der Waals surface area contributed by atoms with Gasteiger partial charge in [0.1, 0.15) is 11.6 Å². The van der Waals surface area contributed by atoms with Gasteiger partial charge in [-0.1, -0.05) is 29.8 Å². The minimum Gasteiger partial charge on any atom is -0.497 e. The van der Waals surface area contributed by atoms with Gasteiger partial charge in [0.25, 0.3) is 0 Å². The molecule has 2 rings (SSSR count). The minimum absolute atomic E-state index is 0.311. The van der Waals surface area contributed by atoms with Gasteiger partial charge in [-0.15, -0.1) is 11.6 Å². The van der Waals surface area contributed by atoms with Crippen molar-refractivity contribution in [2.75, 3.05) is 7.11 Å². The highest BCUT2D eigenvalue weighted by Gasteiger charge is 2.15. The number of hydrogen-bond donors (Lipinski definition) is 0. The molecule has 0 amide bonds. The summed E-state index contributed by atoms with van der Waals surface area (Å²) in [4.78, 5) is 0. The molecule has 2 aromatic rings. The Morgan fingerprint density at radius 1 is 1.25 bits per heavy atom. The summed E-state index contributed by atoms with van der Waals surface area (Å²) in [5.74, 6) is 0.469. The van der Waals surface area contributed by atoms with Crippen molar-refractivity contribution in [3.8, 4) is 5.75 Å². The minimum atomic E-state index is -0.316. The third-order valence-electron chi connectivity index (χ3n) is 3.16. The molecule has 0 bridgehead atoms. The van der Waals surface area contributed by atoms with Crippen LogP contribution in [0.25, 0.3) is 0 Å². The Labute approximate surface area is 128 Å². The third kappa shape index (κ3) is 3.44. The van der Waals surface area contributed by atoms with Crippen LogP contribution >= 0.6 is 23.2 Å².